The molecule has 456 valence electrons. The smallest absolute Gasteiger partial charge is 0.333 e. The number of aliphatic hydroxyl groups is 9. The first-order chi connectivity index (χ1) is 37.4. The van der Waals surface area contributed by atoms with Crippen molar-refractivity contribution >= 4 is 17.9 Å². The van der Waals surface area contributed by atoms with Gasteiger partial charge in [-0.05, 0) is 120 Å². The van der Waals surface area contributed by atoms with E-state index in [1.807, 2.05) is 20.8 Å². The van der Waals surface area contributed by atoms with Crippen molar-refractivity contribution in [1.29, 1.82) is 0 Å². The number of esters is 2. The summed E-state index contributed by atoms with van der Waals surface area (Å²) in [6, 6.07) is 0. The van der Waals surface area contributed by atoms with Crippen LogP contribution in [0.2, 0.25) is 0 Å². The fourth-order valence-electron chi connectivity index (χ4n) is 16.0. The lowest BCUT2D eigenvalue weighted by Crippen LogP contribution is -2.74. The molecule has 2 aliphatic heterocycles. The van der Waals surface area contributed by atoms with Gasteiger partial charge in [0, 0.05) is 33.8 Å². The maximum atomic E-state index is 13.9. The van der Waals surface area contributed by atoms with Gasteiger partial charge < -0.3 is 89.0 Å². The molecular formula is C59H94O21. The van der Waals surface area contributed by atoms with Crippen LogP contribution >= 0.6 is 0 Å². The number of ether oxygens (including phenoxy) is 8. The maximum Gasteiger partial charge on any atom is 0.333 e. The molecule has 80 heavy (non-hydrogen) atoms. The highest BCUT2D eigenvalue weighted by molar-refractivity contribution is 5.89. The first-order valence-corrected chi connectivity index (χ1v) is 28.8. The molecule has 21 heteroatoms. The molecule has 4 saturated carbocycles. The lowest BCUT2D eigenvalue weighted by molar-refractivity contribution is -0.362. The van der Waals surface area contributed by atoms with Gasteiger partial charge in [-0.2, -0.15) is 0 Å². The number of hydrogen-bond donors (Lipinski definition) is 10. The Hall–Kier alpha value is -2.97. The van der Waals surface area contributed by atoms with Gasteiger partial charge in [-0.1, -0.05) is 72.3 Å². The molecule has 0 aromatic heterocycles. The number of aliphatic carboxylic acids is 1. The average Bonchev–Trinajstić information content (AvgIpc) is 1.86. The number of hydrogen-bond acceptors (Lipinski definition) is 20. The number of rotatable bonds is 19. The van der Waals surface area contributed by atoms with Gasteiger partial charge in [-0.15, -0.1) is 0 Å². The van der Waals surface area contributed by atoms with E-state index in [0.29, 0.717) is 49.7 Å². The molecule has 0 aromatic rings. The van der Waals surface area contributed by atoms with Crippen molar-refractivity contribution in [2.75, 3.05) is 19.8 Å². The van der Waals surface area contributed by atoms with Crippen molar-refractivity contribution in [3.05, 3.63) is 34.9 Å². The molecule has 6 fully saturated rings. The summed E-state index contributed by atoms with van der Waals surface area (Å²) < 4.78 is 50.1. The molecule has 0 bridgehead atoms. The van der Waals surface area contributed by atoms with Gasteiger partial charge in [-0.25, -0.2) is 14.4 Å². The van der Waals surface area contributed by atoms with E-state index in [4.69, 9.17) is 37.9 Å². The molecule has 7 rings (SSSR count). The van der Waals surface area contributed by atoms with Crippen molar-refractivity contribution in [3.63, 3.8) is 0 Å². The van der Waals surface area contributed by atoms with Crippen LogP contribution in [0.1, 0.15) is 135 Å². The third kappa shape index (κ3) is 11.0. The largest absolute Gasteiger partial charge is 0.479 e. The first-order valence-electron chi connectivity index (χ1n) is 28.8. The second-order valence-electron chi connectivity index (χ2n) is 25.9. The van der Waals surface area contributed by atoms with Crippen LogP contribution in [0.5, 0.6) is 0 Å². The van der Waals surface area contributed by atoms with Gasteiger partial charge >= 0.3 is 17.9 Å². The van der Waals surface area contributed by atoms with E-state index in [0.717, 1.165) is 5.57 Å². The van der Waals surface area contributed by atoms with Gasteiger partial charge in [0.25, 0.3) is 0 Å². The predicted octanol–water partition coefficient (Wildman–Crippen LogP) is 3.20. The molecule has 2 heterocycles. The highest BCUT2D eigenvalue weighted by Gasteiger charge is 2.75. The number of allylic oxidation sites excluding steroid dienone is 3. The quantitative estimate of drug-likeness (QED) is 0.0384. The van der Waals surface area contributed by atoms with Gasteiger partial charge in [0.2, 0.25) is 0 Å². The van der Waals surface area contributed by atoms with Gasteiger partial charge in [-0.3, -0.25) is 0 Å². The second kappa shape index (κ2) is 24.6. The summed E-state index contributed by atoms with van der Waals surface area (Å²) >= 11 is 0. The van der Waals surface area contributed by atoms with E-state index < -0.39 is 176 Å². The van der Waals surface area contributed by atoms with Crippen molar-refractivity contribution in [1.82, 2.24) is 0 Å². The van der Waals surface area contributed by atoms with Crippen LogP contribution in [0.4, 0.5) is 0 Å². The van der Waals surface area contributed by atoms with E-state index in [9.17, 15) is 65.4 Å². The number of carboxylic acids is 1. The third-order valence-electron chi connectivity index (χ3n) is 21.3. The molecular weight excluding hydrogens is 1040 g/mol. The monoisotopic (exact) mass is 1140 g/mol. The Kier molecular flexibility index (Phi) is 19.8. The second-order valence-corrected chi connectivity index (χ2v) is 25.9. The molecule has 0 radical (unpaired) electrons. The van der Waals surface area contributed by atoms with Crippen LogP contribution in [0.25, 0.3) is 0 Å². The zero-order valence-electron chi connectivity index (χ0n) is 49.0. The normalized spacial score (nSPS) is 44.6. The summed E-state index contributed by atoms with van der Waals surface area (Å²) in [4.78, 5) is 40.2. The van der Waals surface area contributed by atoms with E-state index >= 15 is 0 Å². The maximum absolute atomic E-state index is 13.9. The third-order valence-corrected chi connectivity index (χ3v) is 21.3. The summed E-state index contributed by atoms with van der Waals surface area (Å²) in [5.41, 5.74) is -2.11. The molecule has 10 N–H and O–H groups in total. The topological polar surface area (TPSA) is 327 Å². The summed E-state index contributed by atoms with van der Waals surface area (Å²) in [7, 11) is 0. The SMILES string of the molecule is C/C=C(/C)C(=O)O[C@H]1[C@H](OC(=O)/C(C)=C\C)[C@@]2(CO)C(CC1(C)C)C1=CCC3[C@@]4(C)CC[C@H](OC(OC(C)C(=O)O)C(OC5OC(CO)C(O)C(O)C5O)C(OC5O[C@@H](CO)CC5O)C(C)O)[C@H](C)C4CC[C@@]3(C)[C@]1(C)[C@@H](O)C2C. The van der Waals surface area contributed by atoms with E-state index in [1.54, 1.807) is 39.8 Å². The van der Waals surface area contributed by atoms with E-state index in [2.05, 4.69) is 33.8 Å². The number of carbonyl (C=O) groups is 3. The number of carbonyl (C=O) groups excluding carboxylic acids is 2. The lowest BCUT2D eigenvalue weighted by atomic mass is 9.32. The molecule has 0 aromatic carbocycles. The van der Waals surface area contributed by atoms with Crippen LogP contribution in [-0.4, -0.2) is 193 Å². The standard InChI is InChI=1S/C59H94O21/c1-14-27(3)50(71)79-47-48(80-51(72)28(4)15-2)59(26-62)30(6)46(68)58(13)35(36(59)23-55(47,9)10)16-17-40-56(11)20-19-38(29(5)34(56)18-21-57(40,58)12)75-54(73-32(8)49(69)70)45(78-53-43(67)42(66)41(65)39(25-61)76-53)44(31(7)63)77-52-37(64)22-33(24-60)74-52/h14-16,29-34,36-48,52-54,60-68H,17-26H2,1-13H3,(H,69,70)/b27-14-,28-15-/t29-,30?,31?,32?,33-,34?,36?,37?,38+,39?,40?,41?,42?,43?,44?,45?,46+,47+,48+,52?,53?,54?,56+,57-,58+,59-/m1/s1. The average molecular weight is 1140 g/mol. The number of aliphatic hydroxyl groups excluding tert-OH is 9. The summed E-state index contributed by atoms with van der Waals surface area (Å²) in [5, 5.41) is 111. The molecule has 26 atom stereocenters. The highest BCUT2D eigenvalue weighted by atomic mass is 16.8. The Labute approximate surface area is 470 Å². The fourth-order valence-corrected chi connectivity index (χ4v) is 16.0. The minimum atomic E-state index is -1.96. The Bertz CT molecular complexity index is 2300. The summed E-state index contributed by atoms with van der Waals surface area (Å²) in [6.45, 7) is 22.3. The minimum Gasteiger partial charge on any atom is -0.479 e. The van der Waals surface area contributed by atoms with Crippen LogP contribution < -0.4 is 0 Å². The molecule has 5 aliphatic carbocycles. The molecule has 0 spiro atoms. The van der Waals surface area contributed by atoms with Gasteiger partial charge in [0.05, 0.1) is 44.2 Å². The first kappa shape index (κ1) is 64.6. The van der Waals surface area contributed by atoms with Gasteiger partial charge in [0.15, 0.2) is 25.0 Å². The molecule has 16 unspecified atom stereocenters. The lowest BCUT2D eigenvalue weighted by Gasteiger charge is -2.73. The zero-order chi connectivity index (χ0) is 59.5. The predicted molar refractivity (Wildman–Crippen MR) is 285 cm³/mol. The van der Waals surface area contributed by atoms with Crippen molar-refractivity contribution < 1.29 is 103 Å². The number of fused-ring (bicyclic) bond motifs is 7. The molecule has 21 nitrogen and oxygen atoms in total. The zero-order valence-corrected chi connectivity index (χ0v) is 49.0. The Morgan fingerprint density at radius 1 is 0.787 bits per heavy atom. The van der Waals surface area contributed by atoms with Crippen LogP contribution in [0, 0.1) is 56.7 Å². The molecule has 0 amide bonds. The highest BCUT2D eigenvalue weighted by Crippen LogP contribution is 2.76. The Morgan fingerprint density at radius 2 is 1.40 bits per heavy atom. The van der Waals surface area contributed by atoms with Crippen LogP contribution in [0.15, 0.2) is 34.9 Å². The Morgan fingerprint density at radius 3 is 1.95 bits per heavy atom. The Balaban J connectivity index is 1.25. The van der Waals surface area contributed by atoms with Crippen LogP contribution in [0.3, 0.4) is 0 Å². The van der Waals surface area contributed by atoms with Gasteiger partial charge in [0.1, 0.15) is 54.9 Å². The van der Waals surface area contributed by atoms with E-state index in [1.165, 1.54) is 13.8 Å². The molecule has 7 aliphatic rings. The summed E-state index contributed by atoms with van der Waals surface area (Å²) in [6.07, 6.45) is -15.6. The van der Waals surface area contributed by atoms with Crippen LogP contribution in [-0.2, 0) is 52.3 Å². The van der Waals surface area contributed by atoms with E-state index in [-0.39, 0.29) is 29.6 Å². The van der Waals surface area contributed by atoms with Crippen molar-refractivity contribution in [2.45, 2.75) is 239 Å². The van der Waals surface area contributed by atoms with Crippen molar-refractivity contribution in [2.24, 2.45) is 56.7 Å². The van der Waals surface area contributed by atoms with Crippen molar-refractivity contribution in [3.8, 4) is 0 Å². The fraction of sp³-hybridized carbons (Fsp3) is 0.847. The number of carboxylic acid groups (broad SMARTS) is 1. The minimum absolute atomic E-state index is 0.00981. The summed E-state index contributed by atoms with van der Waals surface area (Å²) in [5.74, 6) is -3.94. The molecule has 2 saturated heterocycles.